The Labute approximate surface area is 82.6 Å². The molecule has 0 saturated heterocycles. The molecule has 1 aromatic rings. The van der Waals surface area contributed by atoms with E-state index in [2.05, 4.69) is 6.58 Å². The van der Waals surface area contributed by atoms with Gasteiger partial charge in [-0.1, -0.05) is 6.58 Å². The van der Waals surface area contributed by atoms with Gasteiger partial charge in [-0.3, -0.25) is 5.01 Å². The number of allylic oxidation sites excluding steroid dienone is 1. The quantitative estimate of drug-likeness (QED) is 0.594. The first-order chi connectivity index (χ1) is 6.56. The molecule has 0 fully saturated rings. The van der Waals surface area contributed by atoms with Crippen LogP contribution < -0.4 is 15.6 Å². The van der Waals surface area contributed by atoms with Crippen molar-refractivity contribution < 1.29 is 9.13 Å². The predicted molar refractivity (Wildman–Crippen MR) is 54.4 cm³/mol. The lowest BCUT2D eigenvalue weighted by Gasteiger charge is -2.18. The second-order valence-corrected chi connectivity index (χ2v) is 2.92. The predicted octanol–water partition coefficient (Wildman–Crippen LogP) is 2.05. The van der Waals surface area contributed by atoms with E-state index in [1.807, 2.05) is 0 Å². The van der Waals surface area contributed by atoms with Crippen LogP contribution in [0.1, 0.15) is 6.92 Å². The number of hydrazine groups is 1. The number of hydrogen-bond acceptors (Lipinski definition) is 3. The lowest BCUT2D eigenvalue weighted by atomic mass is 10.2. The Balaban J connectivity index is 3.02. The summed E-state index contributed by atoms with van der Waals surface area (Å²) in [4.78, 5) is 0. The maximum Gasteiger partial charge on any atom is 0.167 e. The fourth-order valence-corrected chi connectivity index (χ4v) is 1.03. The van der Waals surface area contributed by atoms with Gasteiger partial charge in [-0.05, 0) is 19.1 Å². The van der Waals surface area contributed by atoms with Gasteiger partial charge in [0.25, 0.3) is 0 Å². The Morgan fingerprint density at radius 1 is 1.57 bits per heavy atom. The van der Waals surface area contributed by atoms with Crippen molar-refractivity contribution in [2.45, 2.75) is 6.92 Å². The zero-order chi connectivity index (χ0) is 10.7. The van der Waals surface area contributed by atoms with E-state index in [0.717, 1.165) is 0 Å². The molecule has 0 unspecified atom stereocenters. The van der Waals surface area contributed by atoms with Gasteiger partial charge in [-0.15, -0.1) is 0 Å². The van der Waals surface area contributed by atoms with Gasteiger partial charge in [-0.25, -0.2) is 10.2 Å². The highest BCUT2D eigenvalue weighted by Gasteiger charge is 2.07. The molecule has 0 bridgehead atoms. The van der Waals surface area contributed by atoms with Gasteiger partial charge in [0.1, 0.15) is 0 Å². The van der Waals surface area contributed by atoms with Crippen molar-refractivity contribution in [1.29, 1.82) is 0 Å². The minimum atomic E-state index is -0.443. The number of nitrogens with two attached hydrogens (primary N) is 1. The fraction of sp³-hybridized carbons (Fsp3) is 0.200. The van der Waals surface area contributed by atoms with Crippen molar-refractivity contribution in [2.24, 2.45) is 5.84 Å². The van der Waals surface area contributed by atoms with Gasteiger partial charge >= 0.3 is 0 Å². The van der Waals surface area contributed by atoms with Crippen LogP contribution in [0.25, 0.3) is 0 Å². The average molecular weight is 196 g/mol. The molecule has 0 spiro atoms. The monoisotopic (exact) mass is 196 g/mol. The molecule has 3 nitrogen and oxygen atoms in total. The summed E-state index contributed by atoms with van der Waals surface area (Å²) in [5.74, 6) is 5.38. The molecule has 0 saturated carbocycles. The second-order valence-electron chi connectivity index (χ2n) is 2.92. The molecule has 1 aromatic carbocycles. The van der Waals surface area contributed by atoms with Crippen LogP contribution in [0, 0.1) is 5.82 Å². The molecular formula is C10H13FN2O. The van der Waals surface area contributed by atoms with Gasteiger partial charge in [0.15, 0.2) is 11.6 Å². The minimum absolute atomic E-state index is 0.198. The van der Waals surface area contributed by atoms with Gasteiger partial charge < -0.3 is 4.74 Å². The van der Waals surface area contributed by atoms with Crippen LogP contribution in [0.4, 0.5) is 10.1 Å². The summed E-state index contributed by atoms with van der Waals surface area (Å²) in [7, 11) is 1.41. The van der Waals surface area contributed by atoms with Crippen molar-refractivity contribution in [2.75, 3.05) is 12.1 Å². The van der Waals surface area contributed by atoms with E-state index in [0.29, 0.717) is 11.4 Å². The number of methoxy groups -OCH3 is 1. The Kier molecular flexibility index (Phi) is 3.09. The maximum absolute atomic E-state index is 13.2. The Morgan fingerprint density at radius 3 is 2.64 bits per heavy atom. The number of hydrogen-bond donors (Lipinski definition) is 1. The molecule has 0 heterocycles. The third-order valence-corrected chi connectivity index (χ3v) is 1.82. The number of rotatable bonds is 3. The van der Waals surface area contributed by atoms with E-state index in [1.165, 1.54) is 24.3 Å². The van der Waals surface area contributed by atoms with Crippen LogP contribution in [-0.4, -0.2) is 7.11 Å². The molecule has 76 valence electrons. The largest absolute Gasteiger partial charge is 0.494 e. The minimum Gasteiger partial charge on any atom is -0.494 e. The molecule has 1 rings (SSSR count). The van der Waals surface area contributed by atoms with Crippen LogP contribution in [-0.2, 0) is 0 Å². The first kappa shape index (κ1) is 10.5. The smallest absolute Gasteiger partial charge is 0.167 e. The molecule has 0 radical (unpaired) electrons. The standard InChI is InChI=1S/C10H13FN2O/c1-7(2)13(12)8-4-5-10(14-3)9(11)6-8/h4-6H,1,12H2,2-3H3. The summed E-state index contributed by atoms with van der Waals surface area (Å²) < 4.78 is 18.0. The van der Waals surface area contributed by atoms with E-state index in [9.17, 15) is 4.39 Å². The Bertz CT molecular complexity index is 352. The maximum atomic E-state index is 13.2. The third-order valence-electron chi connectivity index (χ3n) is 1.82. The van der Waals surface area contributed by atoms with Crippen molar-refractivity contribution in [3.05, 3.63) is 36.3 Å². The molecule has 0 atom stereocenters. The molecule has 0 aliphatic carbocycles. The van der Waals surface area contributed by atoms with E-state index in [1.54, 1.807) is 13.0 Å². The summed E-state index contributed by atoms with van der Waals surface area (Å²) in [5, 5.41) is 1.31. The average Bonchev–Trinajstić information content (AvgIpc) is 2.16. The fourth-order valence-electron chi connectivity index (χ4n) is 1.03. The Hall–Kier alpha value is -1.55. The van der Waals surface area contributed by atoms with Gasteiger partial charge in [0.05, 0.1) is 12.8 Å². The lowest BCUT2D eigenvalue weighted by molar-refractivity contribution is 0.386. The Morgan fingerprint density at radius 2 is 2.21 bits per heavy atom. The van der Waals surface area contributed by atoms with Crippen LogP contribution in [0.5, 0.6) is 5.75 Å². The molecule has 0 amide bonds. The number of nitrogens with zero attached hydrogens (tertiary/aromatic N) is 1. The summed E-state index contributed by atoms with van der Waals surface area (Å²) in [6, 6.07) is 4.48. The molecule has 0 aliphatic heterocycles. The van der Waals surface area contributed by atoms with Gasteiger partial charge in [0, 0.05) is 11.8 Å². The summed E-state index contributed by atoms with van der Waals surface area (Å²) in [6.45, 7) is 5.39. The van der Waals surface area contributed by atoms with E-state index < -0.39 is 5.82 Å². The highest BCUT2D eigenvalue weighted by Crippen LogP contribution is 2.23. The SMILES string of the molecule is C=C(C)N(N)c1ccc(OC)c(F)c1. The summed E-state index contributed by atoms with van der Waals surface area (Å²) in [5.41, 5.74) is 1.17. The topological polar surface area (TPSA) is 38.5 Å². The van der Waals surface area contributed by atoms with E-state index >= 15 is 0 Å². The second kappa shape index (κ2) is 4.11. The summed E-state index contributed by atoms with van der Waals surface area (Å²) in [6.07, 6.45) is 0. The van der Waals surface area contributed by atoms with Crippen LogP contribution in [0.2, 0.25) is 0 Å². The number of halogens is 1. The highest BCUT2D eigenvalue weighted by atomic mass is 19.1. The van der Waals surface area contributed by atoms with Crippen molar-refractivity contribution in [3.8, 4) is 5.75 Å². The van der Waals surface area contributed by atoms with Crippen LogP contribution >= 0.6 is 0 Å². The number of benzene rings is 1. The van der Waals surface area contributed by atoms with Crippen LogP contribution in [0.3, 0.4) is 0 Å². The van der Waals surface area contributed by atoms with Crippen LogP contribution in [0.15, 0.2) is 30.5 Å². The van der Waals surface area contributed by atoms with E-state index in [-0.39, 0.29) is 5.75 Å². The highest BCUT2D eigenvalue weighted by molar-refractivity contribution is 5.52. The molecule has 2 N–H and O–H groups in total. The van der Waals surface area contributed by atoms with Gasteiger partial charge in [0.2, 0.25) is 0 Å². The zero-order valence-corrected chi connectivity index (χ0v) is 8.25. The number of ether oxygens (including phenoxy) is 1. The van der Waals surface area contributed by atoms with Crippen molar-refractivity contribution in [3.63, 3.8) is 0 Å². The van der Waals surface area contributed by atoms with Crippen molar-refractivity contribution in [1.82, 2.24) is 0 Å². The van der Waals surface area contributed by atoms with Gasteiger partial charge in [-0.2, -0.15) is 0 Å². The first-order valence-corrected chi connectivity index (χ1v) is 4.10. The molecule has 14 heavy (non-hydrogen) atoms. The van der Waals surface area contributed by atoms with Crippen molar-refractivity contribution >= 4 is 5.69 Å². The molecule has 4 heteroatoms. The number of anilines is 1. The normalized spacial score (nSPS) is 9.71. The molecule has 0 aromatic heterocycles. The summed E-state index contributed by atoms with van der Waals surface area (Å²) >= 11 is 0. The molecule has 0 aliphatic rings. The zero-order valence-electron chi connectivity index (χ0n) is 8.25. The first-order valence-electron chi connectivity index (χ1n) is 4.10. The third kappa shape index (κ3) is 2.03. The molecular weight excluding hydrogens is 183 g/mol. The van der Waals surface area contributed by atoms with E-state index in [4.69, 9.17) is 10.6 Å². The lowest BCUT2D eigenvalue weighted by Crippen LogP contribution is -2.28.